The van der Waals surface area contributed by atoms with Crippen molar-refractivity contribution >= 4 is 22.9 Å². The van der Waals surface area contributed by atoms with Gasteiger partial charge in [-0.1, -0.05) is 30.3 Å². The lowest BCUT2D eigenvalue weighted by atomic mass is 10.2. The minimum atomic E-state index is -0.453. The first kappa shape index (κ1) is 19.9. The number of piperazine rings is 1. The molecule has 9 heteroatoms. The Labute approximate surface area is 183 Å². The first-order valence-electron chi connectivity index (χ1n) is 10.3. The molecule has 0 atom stereocenters. The largest absolute Gasteiger partial charge is 0.368 e. The van der Waals surface area contributed by atoms with E-state index in [1.807, 2.05) is 30.3 Å². The maximum absolute atomic E-state index is 13.2. The summed E-state index contributed by atoms with van der Waals surface area (Å²) in [5, 5.41) is 0. The van der Waals surface area contributed by atoms with Gasteiger partial charge in [0, 0.05) is 44.5 Å². The minimum absolute atomic E-state index is 0.282. The average Bonchev–Trinajstić information content (AvgIpc) is 3.09. The second-order valence-corrected chi connectivity index (χ2v) is 7.68. The van der Waals surface area contributed by atoms with Crippen LogP contribution in [0.3, 0.4) is 0 Å². The summed E-state index contributed by atoms with van der Waals surface area (Å²) in [7, 11) is 1.60. The Morgan fingerprint density at radius 1 is 0.969 bits per heavy atom. The fourth-order valence-electron chi connectivity index (χ4n) is 3.98. The van der Waals surface area contributed by atoms with E-state index < -0.39 is 11.7 Å². The van der Waals surface area contributed by atoms with Crippen LogP contribution >= 0.6 is 0 Å². The van der Waals surface area contributed by atoms with E-state index in [1.165, 1.54) is 22.9 Å². The average molecular weight is 432 g/mol. The molecule has 0 N–H and O–H groups in total. The third-order valence-electron chi connectivity index (χ3n) is 5.75. The molecule has 0 bridgehead atoms. The number of amides is 1. The molecular weight excluding hydrogens is 411 g/mol. The van der Waals surface area contributed by atoms with E-state index in [0.29, 0.717) is 43.2 Å². The molecule has 4 aromatic rings. The van der Waals surface area contributed by atoms with Crippen molar-refractivity contribution in [1.82, 2.24) is 24.0 Å². The van der Waals surface area contributed by atoms with Crippen LogP contribution in [0.2, 0.25) is 0 Å². The molecule has 1 fully saturated rings. The normalized spacial score (nSPS) is 14.2. The Kier molecular flexibility index (Phi) is 4.93. The van der Waals surface area contributed by atoms with Crippen LogP contribution in [-0.4, -0.2) is 56.2 Å². The number of halogens is 1. The second-order valence-electron chi connectivity index (χ2n) is 7.68. The maximum Gasteiger partial charge on any atom is 0.338 e. The highest BCUT2D eigenvalue weighted by Crippen LogP contribution is 2.20. The van der Waals surface area contributed by atoms with Gasteiger partial charge in [0.25, 0.3) is 0 Å². The predicted octanol–water partition coefficient (Wildman–Crippen LogP) is 2.73. The van der Waals surface area contributed by atoms with Crippen molar-refractivity contribution in [3.05, 3.63) is 77.1 Å². The van der Waals surface area contributed by atoms with Gasteiger partial charge in [0.05, 0.1) is 6.20 Å². The van der Waals surface area contributed by atoms with Crippen molar-refractivity contribution < 1.29 is 9.18 Å². The fourth-order valence-corrected chi connectivity index (χ4v) is 3.98. The van der Waals surface area contributed by atoms with Crippen LogP contribution in [0.15, 0.2) is 65.6 Å². The van der Waals surface area contributed by atoms with Crippen molar-refractivity contribution in [3.63, 3.8) is 0 Å². The van der Waals surface area contributed by atoms with Gasteiger partial charge in [0.15, 0.2) is 11.5 Å². The van der Waals surface area contributed by atoms with Crippen LogP contribution < -0.4 is 10.6 Å². The first-order chi connectivity index (χ1) is 15.5. The van der Waals surface area contributed by atoms with E-state index in [-0.39, 0.29) is 5.82 Å². The summed E-state index contributed by atoms with van der Waals surface area (Å²) in [5.74, 6) is 0.210. The number of aromatic nitrogens is 4. The highest BCUT2D eigenvalue weighted by atomic mass is 19.1. The van der Waals surface area contributed by atoms with Gasteiger partial charge < -0.3 is 9.80 Å². The Morgan fingerprint density at radius 2 is 1.66 bits per heavy atom. The Morgan fingerprint density at radius 3 is 2.34 bits per heavy atom. The molecule has 1 amide bonds. The van der Waals surface area contributed by atoms with Gasteiger partial charge in [-0.15, -0.1) is 0 Å². The molecule has 0 spiro atoms. The lowest BCUT2D eigenvalue weighted by molar-refractivity contribution is 0.196. The third-order valence-corrected chi connectivity index (χ3v) is 5.75. The van der Waals surface area contributed by atoms with Gasteiger partial charge in [-0.25, -0.2) is 28.5 Å². The van der Waals surface area contributed by atoms with E-state index in [4.69, 9.17) is 0 Å². The monoisotopic (exact) mass is 432 g/mol. The van der Waals surface area contributed by atoms with Gasteiger partial charge in [-0.2, -0.15) is 0 Å². The standard InChI is InChI=1S/C23H21FN6O2/c1-27-21-19(15-25-20(26-21)16-5-3-2-4-6-16)30(22(27)31)23(32)29-13-11-28(12-14-29)18-9-7-17(24)8-10-18/h2-10,15H,11-14H2,1H3. The first-order valence-corrected chi connectivity index (χ1v) is 10.3. The number of imidazole rings is 1. The highest BCUT2D eigenvalue weighted by molar-refractivity contribution is 5.88. The number of hydrogen-bond acceptors (Lipinski definition) is 5. The maximum atomic E-state index is 13.2. The molecule has 8 nitrogen and oxygen atoms in total. The number of aryl methyl sites for hydroxylation is 1. The van der Waals surface area contributed by atoms with Gasteiger partial charge in [0.1, 0.15) is 11.3 Å². The Hall–Kier alpha value is -4.01. The van der Waals surface area contributed by atoms with Crippen molar-refractivity contribution in [2.75, 3.05) is 31.1 Å². The molecular formula is C23H21FN6O2. The van der Waals surface area contributed by atoms with Crippen molar-refractivity contribution in [3.8, 4) is 11.4 Å². The number of carbonyl (C=O) groups is 1. The fraction of sp³-hybridized carbons (Fsp3) is 0.217. The summed E-state index contributed by atoms with van der Waals surface area (Å²) in [4.78, 5) is 38.8. The van der Waals surface area contributed by atoms with E-state index in [0.717, 1.165) is 15.8 Å². The van der Waals surface area contributed by atoms with E-state index >= 15 is 0 Å². The lowest BCUT2D eigenvalue weighted by Gasteiger charge is -2.35. The molecule has 3 heterocycles. The third kappa shape index (κ3) is 3.41. The number of benzene rings is 2. The number of fused-ring (bicyclic) bond motifs is 1. The molecule has 0 saturated carbocycles. The molecule has 1 saturated heterocycles. The molecule has 1 aliphatic rings. The molecule has 5 rings (SSSR count). The zero-order chi connectivity index (χ0) is 22.2. The molecule has 2 aromatic heterocycles. The quantitative estimate of drug-likeness (QED) is 0.487. The Balaban J connectivity index is 1.41. The lowest BCUT2D eigenvalue weighted by Crippen LogP contribution is -2.51. The zero-order valence-electron chi connectivity index (χ0n) is 17.5. The topological polar surface area (TPSA) is 76.3 Å². The van der Waals surface area contributed by atoms with Crippen LogP contribution in [-0.2, 0) is 7.05 Å². The summed E-state index contributed by atoms with van der Waals surface area (Å²) < 4.78 is 15.7. The Bertz CT molecular complexity index is 1340. The summed E-state index contributed by atoms with van der Waals surface area (Å²) >= 11 is 0. The molecule has 32 heavy (non-hydrogen) atoms. The highest BCUT2D eigenvalue weighted by Gasteiger charge is 2.27. The van der Waals surface area contributed by atoms with Gasteiger partial charge in [-0.05, 0) is 24.3 Å². The van der Waals surface area contributed by atoms with Gasteiger partial charge >= 0.3 is 11.7 Å². The second kappa shape index (κ2) is 7.92. The van der Waals surface area contributed by atoms with Crippen LogP contribution in [0.1, 0.15) is 0 Å². The minimum Gasteiger partial charge on any atom is -0.368 e. The number of anilines is 1. The number of carbonyl (C=O) groups excluding carboxylic acids is 1. The number of rotatable bonds is 2. The van der Waals surface area contributed by atoms with Crippen LogP contribution in [0, 0.1) is 5.82 Å². The molecule has 162 valence electrons. The summed E-state index contributed by atoms with van der Waals surface area (Å²) in [6, 6.07) is 15.4. The van der Waals surface area contributed by atoms with Crippen molar-refractivity contribution in [2.24, 2.45) is 7.05 Å². The van der Waals surface area contributed by atoms with Crippen LogP contribution in [0.4, 0.5) is 14.9 Å². The smallest absolute Gasteiger partial charge is 0.338 e. The summed E-state index contributed by atoms with van der Waals surface area (Å²) in [6.45, 7) is 2.07. The molecule has 0 unspecified atom stereocenters. The molecule has 2 aromatic carbocycles. The predicted molar refractivity (Wildman–Crippen MR) is 119 cm³/mol. The molecule has 0 radical (unpaired) electrons. The van der Waals surface area contributed by atoms with Crippen molar-refractivity contribution in [2.45, 2.75) is 0 Å². The van der Waals surface area contributed by atoms with E-state index in [9.17, 15) is 14.0 Å². The number of nitrogens with zero attached hydrogens (tertiary/aromatic N) is 6. The summed E-state index contributed by atoms with van der Waals surface area (Å²) in [6.07, 6.45) is 1.53. The summed E-state index contributed by atoms with van der Waals surface area (Å²) in [5.41, 5.74) is 2.07. The van der Waals surface area contributed by atoms with Gasteiger partial charge in [-0.3, -0.25) is 4.57 Å². The van der Waals surface area contributed by atoms with Gasteiger partial charge in [0.2, 0.25) is 0 Å². The SMILES string of the molecule is Cn1c(=O)n(C(=O)N2CCN(c3ccc(F)cc3)CC2)c2cnc(-c3ccccc3)nc21. The zero-order valence-corrected chi connectivity index (χ0v) is 17.5. The van der Waals surface area contributed by atoms with Crippen molar-refractivity contribution in [1.29, 1.82) is 0 Å². The van der Waals surface area contributed by atoms with E-state index in [2.05, 4.69) is 14.9 Å². The van der Waals surface area contributed by atoms with E-state index in [1.54, 1.807) is 24.1 Å². The number of hydrogen-bond donors (Lipinski definition) is 0. The van der Waals surface area contributed by atoms with Crippen LogP contribution in [0.25, 0.3) is 22.6 Å². The molecule has 0 aliphatic carbocycles. The molecule has 1 aliphatic heterocycles. The van der Waals surface area contributed by atoms with Crippen LogP contribution in [0.5, 0.6) is 0 Å².